The van der Waals surface area contributed by atoms with Crippen molar-refractivity contribution in [3.05, 3.63) is 58.1 Å². The normalized spacial score (nSPS) is 14.1. The van der Waals surface area contributed by atoms with Gasteiger partial charge in [-0.1, -0.05) is 15.9 Å². The molecule has 0 aromatic heterocycles. The van der Waals surface area contributed by atoms with Crippen molar-refractivity contribution in [3.8, 4) is 5.75 Å². The predicted octanol–water partition coefficient (Wildman–Crippen LogP) is 3.57. The van der Waals surface area contributed by atoms with Gasteiger partial charge in [-0.2, -0.15) is 0 Å². The number of aryl methyl sites for hydroxylation is 1. The minimum Gasteiger partial charge on any atom is -0.493 e. The lowest BCUT2D eigenvalue weighted by Crippen LogP contribution is -2.49. The first-order valence-corrected chi connectivity index (χ1v) is 9.98. The standard InChI is InChI=1S/C21H23BrN2O4/c1-15-14-18(6-7-19(15)22)28-13-8-20(25)24-11-9-23(10-12-24)17-4-2-16(3-5-17)21(26)27/h2-7,14H,8-13H2,1H3,(H,26,27). The van der Waals surface area contributed by atoms with Crippen molar-refractivity contribution in [1.29, 1.82) is 0 Å². The van der Waals surface area contributed by atoms with Crippen LogP contribution >= 0.6 is 15.9 Å². The van der Waals surface area contributed by atoms with Gasteiger partial charge in [-0.3, -0.25) is 4.79 Å². The van der Waals surface area contributed by atoms with Crippen molar-refractivity contribution in [1.82, 2.24) is 4.90 Å². The molecule has 2 aromatic rings. The maximum Gasteiger partial charge on any atom is 0.335 e. The van der Waals surface area contributed by atoms with Gasteiger partial charge in [0, 0.05) is 36.3 Å². The summed E-state index contributed by atoms with van der Waals surface area (Å²) in [5.41, 5.74) is 2.35. The number of carbonyl (C=O) groups excluding carboxylic acids is 1. The van der Waals surface area contributed by atoms with Gasteiger partial charge in [0.25, 0.3) is 0 Å². The van der Waals surface area contributed by atoms with Crippen LogP contribution in [0.25, 0.3) is 0 Å². The van der Waals surface area contributed by atoms with Gasteiger partial charge in [-0.15, -0.1) is 0 Å². The molecule has 3 rings (SSSR count). The molecule has 28 heavy (non-hydrogen) atoms. The summed E-state index contributed by atoms with van der Waals surface area (Å²) in [6.07, 6.45) is 0.350. The Hall–Kier alpha value is -2.54. The monoisotopic (exact) mass is 446 g/mol. The van der Waals surface area contributed by atoms with Crippen molar-refractivity contribution in [2.24, 2.45) is 0 Å². The number of rotatable bonds is 6. The van der Waals surface area contributed by atoms with Gasteiger partial charge in [-0.25, -0.2) is 4.79 Å². The van der Waals surface area contributed by atoms with Gasteiger partial charge in [0.1, 0.15) is 5.75 Å². The average Bonchev–Trinajstić information content (AvgIpc) is 2.71. The average molecular weight is 447 g/mol. The summed E-state index contributed by atoms with van der Waals surface area (Å²) in [7, 11) is 0. The number of anilines is 1. The second-order valence-electron chi connectivity index (χ2n) is 6.73. The molecule has 0 atom stereocenters. The van der Waals surface area contributed by atoms with E-state index in [0.717, 1.165) is 34.6 Å². The lowest BCUT2D eigenvalue weighted by atomic mass is 10.2. The van der Waals surface area contributed by atoms with E-state index in [2.05, 4.69) is 20.8 Å². The molecule has 2 aromatic carbocycles. The van der Waals surface area contributed by atoms with Crippen LogP contribution in [-0.2, 0) is 4.79 Å². The van der Waals surface area contributed by atoms with Crippen LogP contribution in [0.5, 0.6) is 5.75 Å². The Bertz CT molecular complexity index is 846. The highest BCUT2D eigenvalue weighted by atomic mass is 79.9. The Balaban J connectivity index is 1.44. The summed E-state index contributed by atoms with van der Waals surface area (Å²) in [6.45, 7) is 5.11. The Labute approximate surface area is 172 Å². The number of hydrogen-bond donors (Lipinski definition) is 1. The smallest absolute Gasteiger partial charge is 0.335 e. The number of amides is 1. The number of piperazine rings is 1. The molecule has 0 radical (unpaired) electrons. The molecule has 1 amide bonds. The van der Waals surface area contributed by atoms with Crippen molar-refractivity contribution in [2.45, 2.75) is 13.3 Å². The van der Waals surface area contributed by atoms with Crippen LogP contribution in [0.4, 0.5) is 5.69 Å². The maximum atomic E-state index is 12.4. The number of hydrogen-bond acceptors (Lipinski definition) is 4. The van der Waals surface area contributed by atoms with Gasteiger partial charge in [-0.05, 0) is 55.0 Å². The third-order valence-electron chi connectivity index (χ3n) is 4.83. The summed E-state index contributed by atoms with van der Waals surface area (Å²) in [5, 5.41) is 8.98. The Kier molecular flexibility index (Phi) is 6.57. The van der Waals surface area contributed by atoms with Crippen molar-refractivity contribution >= 4 is 33.5 Å². The third kappa shape index (κ3) is 5.04. The van der Waals surface area contributed by atoms with Crippen LogP contribution in [0.2, 0.25) is 0 Å². The summed E-state index contributed by atoms with van der Waals surface area (Å²) < 4.78 is 6.73. The lowest BCUT2D eigenvalue weighted by molar-refractivity contribution is -0.132. The Morgan fingerprint density at radius 2 is 1.75 bits per heavy atom. The molecule has 7 heteroatoms. The highest BCUT2D eigenvalue weighted by Crippen LogP contribution is 2.22. The molecule has 1 aliphatic rings. The lowest BCUT2D eigenvalue weighted by Gasteiger charge is -2.36. The van der Waals surface area contributed by atoms with E-state index in [0.29, 0.717) is 26.1 Å². The van der Waals surface area contributed by atoms with Crippen LogP contribution < -0.4 is 9.64 Å². The molecular formula is C21H23BrN2O4. The largest absolute Gasteiger partial charge is 0.493 e. The molecule has 148 valence electrons. The molecule has 0 aliphatic carbocycles. The molecule has 6 nitrogen and oxygen atoms in total. The van der Waals surface area contributed by atoms with E-state index in [1.54, 1.807) is 12.1 Å². The van der Waals surface area contributed by atoms with Crippen LogP contribution in [0.1, 0.15) is 22.3 Å². The number of halogens is 1. The fourth-order valence-corrected chi connectivity index (χ4v) is 3.40. The van der Waals surface area contributed by atoms with Crippen molar-refractivity contribution < 1.29 is 19.4 Å². The van der Waals surface area contributed by atoms with Gasteiger partial charge in [0.15, 0.2) is 0 Å². The molecular weight excluding hydrogens is 424 g/mol. The molecule has 1 fully saturated rings. The number of benzene rings is 2. The second kappa shape index (κ2) is 9.10. The van der Waals surface area contributed by atoms with Gasteiger partial charge >= 0.3 is 5.97 Å². The van der Waals surface area contributed by atoms with E-state index in [-0.39, 0.29) is 11.5 Å². The number of carboxylic acids is 1. The zero-order valence-electron chi connectivity index (χ0n) is 15.7. The Morgan fingerprint density at radius 3 is 2.36 bits per heavy atom. The number of ether oxygens (including phenoxy) is 1. The molecule has 1 saturated heterocycles. The molecule has 0 spiro atoms. The summed E-state index contributed by atoms with van der Waals surface area (Å²) in [6, 6.07) is 12.6. The number of nitrogens with zero attached hydrogens (tertiary/aromatic N) is 2. The Morgan fingerprint density at radius 1 is 1.07 bits per heavy atom. The number of carbonyl (C=O) groups is 2. The summed E-state index contributed by atoms with van der Waals surface area (Å²) in [4.78, 5) is 27.4. The van der Waals surface area contributed by atoms with Crippen molar-refractivity contribution in [2.75, 3.05) is 37.7 Å². The second-order valence-corrected chi connectivity index (χ2v) is 7.58. The van der Waals surface area contributed by atoms with Crippen LogP contribution in [0, 0.1) is 6.92 Å². The molecule has 0 saturated carbocycles. The van der Waals surface area contributed by atoms with E-state index >= 15 is 0 Å². The molecule has 1 heterocycles. The first kappa shape index (κ1) is 20.2. The van der Waals surface area contributed by atoms with E-state index in [9.17, 15) is 9.59 Å². The van der Waals surface area contributed by atoms with Crippen LogP contribution in [-0.4, -0.2) is 54.7 Å². The first-order chi connectivity index (χ1) is 13.4. The third-order valence-corrected chi connectivity index (χ3v) is 5.72. The zero-order valence-corrected chi connectivity index (χ0v) is 17.3. The fourth-order valence-electron chi connectivity index (χ4n) is 3.15. The summed E-state index contributed by atoms with van der Waals surface area (Å²) >= 11 is 3.46. The quantitative estimate of drug-likeness (QED) is 0.734. The van der Waals surface area contributed by atoms with E-state index < -0.39 is 5.97 Å². The van der Waals surface area contributed by atoms with E-state index in [1.165, 1.54) is 0 Å². The highest BCUT2D eigenvalue weighted by Gasteiger charge is 2.21. The zero-order chi connectivity index (χ0) is 20.1. The molecule has 1 aliphatic heterocycles. The van der Waals surface area contributed by atoms with E-state index in [1.807, 2.05) is 42.2 Å². The van der Waals surface area contributed by atoms with Crippen LogP contribution in [0.3, 0.4) is 0 Å². The van der Waals surface area contributed by atoms with Gasteiger partial charge < -0.3 is 19.6 Å². The maximum absolute atomic E-state index is 12.4. The van der Waals surface area contributed by atoms with Gasteiger partial charge in [0.05, 0.1) is 18.6 Å². The van der Waals surface area contributed by atoms with E-state index in [4.69, 9.17) is 9.84 Å². The fraction of sp³-hybridized carbons (Fsp3) is 0.333. The SMILES string of the molecule is Cc1cc(OCCC(=O)N2CCN(c3ccc(C(=O)O)cc3)CC2)ccc1Br. The van der Waals surface area contributed by atoms with Gasteiger partial charge in [0.2, 0.25) is 5.91 Å². The molecule has 1 N–H and O–H groups in total. The van der Waals surface area contributed by atoms with Crippen LogP contribution in [0.15, 0.2) is 46.9 Å². The summed E-state index contributed by atoms with van der Waals surface area (Å²) in [5.74, 6) is -0.0691. The number of carboxylic acid groups (broad SMARTS) is 1. The predicted molar refractivity (Wildman–Crippen MR) is 111 cm³/mol. The first-order valence-electron chi connectivity index (χ1n) is 9.19. The molecule has 0 bridgehead atoms. The highest BCUT2D eigenvalue weighted by molar-refractivity contribution is 9.10. The topological polar surface area (TPSA) is 70.1 Å². The minimum absolute atomic E-state index is 0.0923. The number of aromatic carboxylic acids is 1. The van der Waals surface area contributed by atoms with Crippen molar-refractivity contribution in [3.63, 3.8) is 0 Å². The minimum atomic E-state index is -0.928. The molecule has 0 unspecified atom stereocenters.